The molecule has 0 rings (SSSR count). The molecular formula is C37H73N. The Morgan fingerprint density at radius 1 is 0.342 bits per heavy atom. The maximum absolute atomic E-state index is 6.38. The van der Waals surface area contributed by atoms with E-state index in [4.69, 9.17) is 5.73 Å². The van der Waals surface area contributed by atoms with Gasteiger partial charge in [0.15, 0.2) is 0 Å². The van der Waals surface area contributed by atoms with Gasteiger partial charge in [0.05, 0.1) is 0 Å². The second-order valence-electron chi connectivity index (χ2n) is 12.2. The van der Waals surface area contributed by atoms with Crippen molar-refractivity contribution >= 4 is 0 Å². The second-order valence-corrected chi connectivity index (χ2v) is 12.2. The van der Waals surface area contributed by atoms with Crippen molar-refractivity contribution in [2.75, 3.05) is 0 Å². The molecule has 2 N–H and O–H groups in total. The van der Waals surface area contributed by atoms with Gasteiger partial charge in [0.2, 0.25) is 0 Å². The molecule has 1 heteroatoms. The van der Waals surface area contributed by atoms with Crippen LogP contribution in [0, 0.1) is 0 Å². The van der Waals surface area contributed by atoms with Gasteiger partial charge in [0, 0.05) is 6.04 Å². The predicted octanol–water partition coefficient (Wildman–Crippen LogP) is 13.2. The van der Waals surface area contributed by atoms with Crippen molar-refractivity contribution in [3.63, 3.8) is 0 Å². The lowest BCUT2D eigenvalue weighted by molar-refractivity contribution is 0.480. The number of unbranched alkanes of at least 4 members (excludes halogenated alkanes) is 24. The first kappa shape index (κ1) is 37.4. The van der Waals surface area contributed by atoms with Crippen molar-refractivity contribution in [3.05, 3.63) is 24.3 Å². The second kappa shape index (κ2) is 34.5. The fourth-order valence-electron chi connectivity index (χ4n) is 5.45. The molecule has 1 unspecified atom stereocenters. The van der Waals surface area contributed by atoms with Crippen LogP contribution in [0.25, 0.3) is 0 Å². The first-order chi connectivity index (χ1) is 18.8. The van der Waals surface area contributed by atoms with Crippen LogP contribution in [-0.4, -0.2) is 6.04 Å². The van der Waals surface area contributed by atoms with Crippen LogP contribution in [0.15, 0.2) is 24.3 Å². The van der Waals surface area contributed by atoms with E-state index in [1.54, 1.807) is 0 Å². The van der Waals surface area contributed by atoms with Crippen molar-refractivity contribution in [3.8, 4) is 0 Å². The summed E-state index contributed by atoms with van der Waals surface area (Å²) in [5.41, 5.74) is 6.38. The Bertz CT molecular complexity index is 465. The largest absolute Gasteiger partial charge is 0.328 e. The zero-order chi connectivity index (χ0) is 27.6. The van der Waals surface area contributed by atoms with E-state index in [0.29, 0.717) is 6.04 Å². The Morgan fingerprint density at radius 2 is 0.579 bits per heavy atom. The van der Waals surface area contributed by atoms with Gasteiger partial charge in [-0.1, -0.05) is 167 Å². The van der Waals surface area contributed by atoms with Gasteiger partial charge in [-0.15, -0.1) is 0 Å². The van der Waals surface area contributed by atoms with Gasteiger partial charge in [-0.3, -0.25) is 0 Å². The van der Waals surface area contributed by atoms with Crippen molar-refractivity contribution in [2.24, 2.45) is 5.73 Å². The van der Waals surface area contributed by atoms with E-state index in [-0.39, 0.29) is 0 Å². The van der Waals surface area contributed by atoms with Crippen molar-refractivity contribution in [1.29, 1.82) is 0 Å². The van der Waals surface area contributed by atoms with Crippen LogP contribution in [0.1, 0.15) is 206 Å². The minimum Gasteiger partial charge on any atom is -0.328 e. The maximum Gasteiger partial charge on any atom is 0.00388 e. The Labute approximate surface area is 242 Å². The first-order valence-corrected chi connectivity index (χ1v) is 17.9. The summed E-state index contributed by atoms with van der Waals surface area (Å²) in [6, 6.07) is 0.451. The maximum atomic E-state index is 6.38. The van der Waals surface area contributed by atoms with Crippen LogP contribution < -0.4 is 5.73 Å². The summed E-state index contributed by atoms with van der Waals surface area (Å²) in [6.07, 6.45) is 50.9. The van der Waals surface area contributed by atoms with E-state index in [1.165, 1.54) is 193 Å². The fourth-order valence-corrected chi connectivity index (χ4v) is 5.45. The molecule has 0 aromatic heterocycles. The fraction of sp³-hybridized carbons (Fsp3) is 0.892. The van der Waals surface area contributed by atoms with Gasteiger partial charge < -0.3 is 5.73 Å². The lowest BCUT2D eigenvalue weighted by Crippen LogP contribution is -2.19. The Balaban J connectivity index is 3.21. The third-order valence-electron chi connectivity index (χ3n) is 8.17. The summed E-state index contributed by atoms with van der Waals surface area (Å²) in [7, 11) is 0. The standard InChI is InChI=1S/C37H73N/c1-3-5-7-9-11-13-15-17-19-21-23-25-27-29-31-33-35-37(38)36-34-32-30-28-26-24-22-20-18-16-14-12-10-8-6-4-2/h11,13,18,20,37H,3-10,12,14-17,19,21-36,38H2,1-2H3. The molecule has 0 spiro atoms. The highest BCUT2D eigenvalue weighted by atomic mass is 14.6. The molecular weight excluding hydrogens is 458 g/mol. The van der Waals surface area contributed by atoms with Crippen molar-refractivity contribution in [1.82, 2.24) is 0 Å². The van der Waals surface area contributed by atoms with Crippen molar-refractivity contribution < 1.29 is 0 Å². The summed E-state index contributed by atoms with van der Waals surface area (Å²) in [5.74, 6) is 0. The van der Waals surface area contributed by atoms with Crippen LogP contribution in [0.3, 0.4) is 0 Å². The Kier molecular flexibility index (Phi) is 34.0. The SMILES string of the molecule is CCCCCC=CCCCCCCCCCCCC(N)CCCCCCCCC=CCCCCCCCC. The minimum absolute atomic E-state index is 0.451. The number of hydrogen-bond donors (Lipinski definition) is 1. The molecule has 0 aliphatic rings. The zero-order valence-electron chi connectivity index (χ0n) is 26.7. The molecule has 226 valence electrons. The minimum atomic E-state index is 0.451. The van der Waals surface area contributed by atoms with Crippen LogP contribution >= 0.6 is 0 Å². The molecule has 0 aromatic rings. The third-order valence-corrected chi connectivity index (χ3v) is 8.17. The van der Waals surface area contributed by atoms with Gasteiger partial charge in [-0.2, -0.15) is 0 Å². The first-order valence-electron chi connectivity index (χ1n) is 17.9. The smallest absolute Gasteiger partial charge is 0.00388 e. The number of hydrogen-bond acceptors (Lipinski definition) is 1. The van der Waals surface area contributed by atoms with Gasteiger partial charge >= 0.3 is 0 Å². The van der Waals surface area contributed by atoms with Crippen molar-refractivity contribution in [2.45, 2.75) is 213 Å². The topological polar surface area (TPSA) is 26.0 Å². The summed E-state index contributed by atoms with van der Waals surface area (Å²) in [5, 5.41) is 0. The third kappa shape index (κ3) is 33.5. The summed E-state index contributed by atoms with van der Waals surface area (Å²) >= 11 is 0. The number of nitrogens with two attached hydrogens (primary N) is 1. The quantitative estimate of drug-likeness (QED) is 0.0677. The van der Waals surface area contributed by atoms with Crippen LogP contribution in [-0.2, 0) is 0 Å². The Hall–Kier alpha value is -0.560. The molecule has 0 radical (unpaired) electrons. The van der Waals surface area contributed by atoms with E-state index >= 15 is 0 Å². The molecule has 0 aromatic carbocycles. The van der Waals surface area contributed by atoms with E-state index in [0.717, 1.165) is 0 Å². The molecule has 1 nitrogen and oxygen atoms in total. The van der Waals surface area contributed by atoms with E-state index in [1.807, 2.05) is 0 Å². The molecule has 0 aliphatic carbocycles. The normalized spacial score (nSPS) is 12.8. The number of rotatable bonds is 32. The average molecular weight is 532 g/mol. The number of allylic oxidation sites excluding steroid dienone is 4. The van der Waals surface area contributed by atoms with E-state index < -0.39 is 0 Å². The van der Waals surface area contributed by atoms with Gasteiger partial charge in [-0.25, -0.2) is 0 Å². The average Bonchev–Trinajstić information content (AvgIpc) is 2.92. The molecule has 0 saturated carbocycles. The summed E-state index contributed by atoms with van der Waals surface area (Å²) < 4.78 is 0. The lowest BCUT2D eigenvalue weighted by Gasteiger charge is -2.11. The highest BCUT2D eigenvalue weighted by Gasteiger charge is 2.02. The monoisotopic (exact) mass is 532 g/mol. The molecule has 0 heterocycles. The highest BCUT2D eigenvalue weighted by Crippen LogP contribution is 2.15. The van der Waals surface area contributed by atoms with Crippen LogP contribution in [0.2, 0.25) is 0 Å². The summed E-state index contributed by atoms with van der Waals surface area (Å²) in [6.45, 7) is 4.57. The van der Waals surface area contributed by atoms with Gasteiger partial charge in [0.25, 0.3) is 0 Å². The highest BCUT2D eigenvalue weighted by molar-refractivity contribution is 4.82. The molecule has 1 atom stereocenters. The van der Waals surface area contributed by atoms with Crippen LogP contribution in [0.5, 0.6) is 0 Å². The predicted molar refractivity (Wildman–Crippen MR) is 176 cm³/mol. The van der Waals surface area contributed by atoms with Crippen LogP contribution in [0.4, 0.5) is 0 Å². The molecule has 0 aliphatic heterocycles. The molecule has 0 saturated heterocycles. The lowest BCUT2D eigenvalue weighted by atomic mass is 10.0. The van der Waals surface area contributed by atoms with Gasteiger partial charge in [0.1, 0.15) is 0 Å². The molecule has 0 bridgehead atoms. The van der Waals surface area contributed by atoms with E-state index in [9.17, 15) is 0 Å². The van der Waals surface area contributed by atoms with E-state index in [2.05, 4.69) is 38.2 Å². The molecule has 0 amide bonds. The summed E-state index contributed by atoms with van der Waals surface area (Å²) in [4.78, 5) is 0. The molecule has 0 fully saturated rings. The Morgan fingerprint density at radius 3 is 0.921 bits per heavy atom. The zero-order valence-corrected chi connectivity index (χ0v) is 26.7. The molecule has 38 heavy (non-hydrogen) atoms. The van der Waals surface area contributed by atoms with Gasteiger partial charge in [-0.05, 0) is 64.2 Å².